The molecule has 1 fully saturated rings. The third kappa shape index (κ3) is 7.13. The molecule has 5 N–H and O–H groups in total. The maximum absolute atomic E-state index is 13.0. The Hall–Kier alpha value is -2.23. The molecule has 186 valence electrons. The lowest BCUT2D eigenvalue weighted by Crippen LogP contribution is -2.29. The zero-order chi connectivity index (χ0) is 25.3. The number of aliphatic hydroxyl groups is 1. The van der Waals surface area contributed by atoms with Crippen LogP contribution in [0.3, 0.4) is 0 Å². The van der Waals surface area contributed by atoms with Crippen LogP contribution in [0.25, 0.3) is 11.1 Å². The number of benzene rings is 1. The first kappa shape index (κ1) is 28.0. The average Bonchev–Trinajstić information content (AvgIpc) is 3.36. The summed E-state index contributed by atoms with van der Waals surface area (Å²) in [7, 11) is 2.77. The van der Waals surface area contributed by atoms with Crippen molar-refractivity contribution in [1.29, 1.82) is 0 Å². The fourth-order valence-corrected chi connectivity index (χ4v) is 4.28. The number of nitrogens with one attached hydrogen (secondary N) is 2. The van der Waals surface area contributed by atoms with Crippen molar-refractivity contribution in [3.05, 3.63) is 63.8 Å². The predicted molar refractivity (Wildman–Crippen MR) is 138 cm³/mol. The molecule has 0 bridgehead atoms. The number of aliphatic hydroxyl groups excluding tert-OH is 1. The Morgan fingerprint density at radius 2 is 1.88 bits per heavy atom. The maximum atomic E-state index is 13.0. The van der Waals surface area contributed by atoms with Crippen LogP contribution < -0.4 is 16.4 Å². The molecule has 7 nitrogen and oxygen atoms in total. The quantitative estimate of drug-likeness (QED) is 0.376. The Morgan fingerprint density at radius 3 is 2.50 bits per heavy atom. The van der Waals surface area contributed by atoms with Gasteiger partial charge in [0.25, 0.3) is 0 Å². The molecule has 0 spiro atoms. The summed E-state index contributed by atoms with van der Waals surface area (Å²) in [5.41, 5.74) is 9.54. The highest BCUT2D eigenvalue weighted by atomic mass is 35.5. The van der Waals surface area contributed by atoms with Crippen LogP contribution in [0.4, 0.5) is 10.2 Å². The van der Waals surface area contributed by atoms with Crippen LogP contribution in [-0.4, -0.2) is 47.1 Å². The minimum atomic E-state index is -0.442. The number of pyridine rings is 1. The number of piperidine rings is 1. The minimum Gasteiger partial charge on any atom is -0.400 e. The van der Waals surface area contributed by atoms with Crippen LogP contribution in [-0.2, 0) is 0 Å². The summed E-state index contributed by atoms with van der Waals surface area (Å²) in [4.78, 5) is 4.21. The molecule has 34 heavy (non-hydrogen) atoms. The van der Waals surface area contributed by atoms with E-state index < -0.39 is 5.82 Å². The lowest BCUT2D eigenvalue weighted by atomic mass is 10.1. The van der Waals surface area contributed by atoms with E-state index in [4.69, 9.17) is 34.0 Å². The van der Waals surface area contributed by atoms with Crippen LogP contribution in [0.1, 0.15) is 43.0 Å². The number of aryl methyl sites for hydroxylation is 1. The second-order valence-electron chi connectivity index (χ2n) is 7.88. The molecule has 3 heterocycles. The Bertz CT molecular complexity index is 1060. The van der Waals surface area contributed by atoms with Gasteiger partial charge in [0.2, 0.25) is 0 Å². The van der Waals surface area contributed by atoms with Crippen LogP contribution in [0, 0.1) is 12.7 Å². The van der Waals surface area contributed by atoms with Gasteiger partial charge in [-0.3, -0.25) is 4.68 Å². The molecule has 2 aromatic heterocycles. The van der Waals surface area contributed by atoms with Gasteiger partial charge in [-0.25, -0.2) is 9.37 Å². The molecule has 1 unspecified atom stereocenters. The summed E-state index contributed by atoms with van der Waals surface area (Å²) in [5, 5.41) is 18.4. The lowest BCUT2D eigenvalue weighted by molar-refractivity contribution is 0.343. The van der Waals surface area contributed by atoms with E-state index in [2.05, 4.69) is 37.7 Å². The fourth-order valence-electron chi connectivity index (χ4n) is 3.59. The van der Waals surface area contributed by atoms with Crippen molar-refractivity contribution in [3.8, 4) is 11.1 Å². The minimum absolute atomic E-state index is 0.0595. The monoisotopic (exact) mass is 510 g/mol. The fraction of sp³-hybridized carbons (Fsp3) is 0.417. The molecule has 1 atom stereocenters. The van der Waals surface area contributed by atoms with Gasteiger partial charge in [-0.15, -0.1) is 0 Å². The topological polar surface area (TPSA) is 101 Å². The average molecular weight is 511 g/mol. The van der Waals surface area contributed by atoms with Crippen molar-refractivity contribution in [2.45, 2.75) is 38.8 Å². The number of hydrogen-bond acceptors (Lipinski definition) is 6. The number of hydrogen-bond donors (Lipinski definition) is 4. The zero-order valence-electron chi connectivity index (χ0n) is 19.9. The van der Waals surface area contributed by atoms with Crippen molar-refractivity contribution in [2.24, 2.45) is 0 Å². The van der Waals surface area contributed by atoms with Crippen LogP contribution in [0.5, 0.6) is 0 Å². The van der Waals surface area contributed by atoms with E-state index in [1.807, 2.05) is 26.2 Å². The first-order chi connectivity index (χ1) is 16.3. The Balaban J connectivity index is 0.000000239. The smallest absolute Gasteiger partial charge is 0.142 e. The summed E-state index contributed by atoms with van der Waals surface area (Å²) in [6.45, 7) is 5.99. The normalized spacial score (nSPS) is 14.5. The van der Waals surface area contributed by atoms with Crippen molar-refractivity contribution in [1.82, 2.24) is 25.4 Å². The molecule has 1 saturated heterocycles. The third-order valence-electron chi connectivity index (χ3n) is 5.68. The van der Waals surface area contributed by atoms with Crippen LogP contribution >= 0.6 is 23.2 Å². The van der Waals surface area contributed by atoms with Crippen molar-refractivity contribution >= 4 is 29.0 Å². The molecule has 0 radical (unpaired) electrons. The van der Waals surface area contributed by atoms with Gasteiger partial charge in [-0.2, -0.15) is 5.10 Å². The number of halogens is 3. The number of nitrogens with two attached hydrogens (primary N) is 1. The summed E-state index contributed by atoms with van der Waals surface area (Å²) in [6, 6.07) is 5.28. The highest BCUT2D eigenvalue weighted by Crippen LogP contribution is 2.32. The second-order valence-corrected chi connectivity index (χ2v) is 8.67. The molecule has 0 saturated carbocycles. The van der Waals surface area contributed by atoms with Crippen molar-refractivity contribution in [3.63, 3.8) is 0 Å². The Kier molecular flexibility index (Phi) is 11.2. The van der Waals surface area contributed by atoms with E-state index >= 15 is 0 Å². The number of nitrogens with zero attached hydrogens (tertiary/aromatic N) is 3. The number of rotatable bonds is 4. The van der Waals surface area contributed by atoms with E-state index in [-0.39, 0.29) is 11.1 Å². The van der Waals surface area contributed by atoms with Gasteiger partial charge in [-0.1, -0.05) is 23.2 Å². The van der Waals surface area contributed by atoms with Crippen LogP contribution in [0.15, 0.2) is 36.8 Å². The highest BCUT2D eigenvalue weighted by molar-refractivity contribution is 6.36. The van der Waals surface area contributed by atoms with Gasteiger partial charge in [0.05, 0.1) is 17.3 Å². The third-order valence-corrected chi connectivity index (χ3v) is 6.40. The Labute approximate surface area is 210 Å². The summed E-state index contributed by atoms with van der Waals surface area (Å²) < 4.78 is 15.1. The summed E-state index contributed by atoms with van der Waals surface area (Å²) >= 11 is 11.7. The van der Waals surface area contributed by atoms with Gasteiger partial charge in [0, 0.05) is 47.3 Å². The van der Waals surface area contributed by atoms with Crippen LogP contribution in [0.2, 0.25) is 10.0 Å². The van der Waals surface area contributed by atoms with E-state index in [0.717, 1.165) is 49.7 Å². The van der Waals surface area contributed by atoms with Crippen molar-refractivity contribution in [2.75, 3.05) is 33.0 Å². The van der Waals surface area contributed by atoms with E-state index in [9.17, 15) is 4.39 Å². The van der Waals surface area contributed by atoms with Gasteiger partial charge in [-0.05, 0) is 70.6 Å². The number of anilines is 1. The molecule has 10 heteroatoms. The van der Waals surface area contributed by atoms with E-state index in [1.54, 1.807) is 7.05 Å². The molecule has 0 aliphatic carbocycles. The van der Waals surface area contributed by atoms with E-state index in [1.165, 1.54) is 12.1 Å². The number of aromatic nitrogens is 3. The molecule has 1 aliphatic heterocycles. The SMILES string of the molecule is CNC(C)c1c(Cl)ccc(F)c1Cl.CO.Cc1cc(-c2cnn(C3CCNCC3)c2)cnc1N. The Morgan fingerprint density at radius 1 is 1.21 bits per heavy atom. The highest BCUT2D eigenvalue weighted by Gasteiger charge is 2.16. The van der Waals surface area contributed by atoms with Gasteiger partial charge < -0.3 is 21.5 Å². The van der Waals surface area contributed by atoms with Gasteiger partial charge >= 0.3 is 0 Å². The molecule has 0 amide bonds. The largest absolute Gasteiger partial charge is 0.400 e. The summed E-state index contributed by atoms with van der Waals surface area (Å²) in [5.74, 6) is 0.151. The van der Waals surface area contributed by atoms with Crippen molar-refractivity contribution < 1.29 is 9.50 Å². The summed E-state index contributed by atoms with van der Waals surface area (Å²) in [6.07, 6.45) is 8.11. The first-order valence-electron chi connectivity index (χ1n) is 11.0. The van der Waals surface area contributed by atoms with E-state index in [0.29, 0.717) is 22.4 Å². The lowest BCUT2D eigenvalue weighted by Gasteiger charge is -2.22. The molecular weight excluding hydrogens is 478 g/mol. The standard InChI is InChI=1S/C14H19N5.C9H10Cl2FN.CH4O/c1-10-6-11(7-17-14(10)15)12-8-18-19(9-12)13-2-4-16-5-3-13;1-5(13-2)8-6(10)3-4-7(12)9(8)11;1-2/h6-9,13,16H,2-5H2,1H3,(H2,15,17);3-5,13H,1-2H3;2H,1H3. The van der Waals surface area contributed by atoms with Gasteiger partial charge in [0.1, 0.15) is 11.6 Å². The van der Waals surface area contributed by atoms with Gasteiger partial charge in [0.15, 0.2) is 0 Å². The molecule has 1 aliphatic rings. The second kappa shape index (κ2) is 13.6. The maximum Gasteiger partial charge on any atom is 0.142 e. The first-order valence-corrected chi connectivity index (χ1v) is 11.8. The molecule has 4 rings (SSSR count). The molecule has 1 aromatic carbocycles. The zero-order valence-corrected chi connectivity index (χ0v) is 21.5. The molecular formula is C24H33Cl2FN6O. The molecule has 3 aromatic rings. The number of nitrogen functional groups attached to an aromatic ring is 1. The predicted octanol–water partition coefficient (Wildman–Crippen LogP) is 4.78.